The number of aromatic nitrogens is 2. The Kier molecular flexibility index (Phi) is 3.86. The molecule has 4 heteroatoms. The molecule has 0 fully saturated rings. The van der Waals surface area contributed by atoms with Gasteiger partial charge in [0.05, 0.1) is 17.8 Å². The highest BCUT2D eigenvalue weighted by Gasteiger charge is 2.19. The molecular weight excluding hydrogens is 286 g/mol. The normalized spacial score (nSPS) is 10.5. The van der Waals surface area contributed by atoms with Crippen LogP contribution in [0, 0.1) is 26.2 Å². The minimum atomic E-state index is -0.276. The highest BCUT2D eigenvalue weighted by Crippen LogP contribution is 2.30. The van der Waals surface area contributed by atoms with Gasteiger partial charge in [0, 0.05) is 11.8 Å². The SMILES string of the molecule is C#CCNC(=O)c1nc(-c2c(C)cccc2C)c2ccccn12. The molecule has 0 aliphatic rings. The van der Waals surface area contributed by atoms with E-state index >= 15 is 0 Å². The highest BCUT2D eigenvalue weighted by molar-refractivity contribution is 5.95. The number of pyridine rings is 1. The van der Waals surface area contributed by atoms with Crippen LogP contribution in [-0.4, -0.2) is 21.8 Å². The maximum Gasteiger partial charge on any atom is 0.288 e. The van der Waals surface area contributed by atoms with Crippen molar-refractivity contribution in [2.75, 3.05) is 6.54 Å². The lowest BCUT2D eigenvalue weighted by Gasteiger charge is -2.07. The van der Waals surface area contributed by atoms with Gasteiger partial charge in [-0.1, -0.05) is 30.2 Å². The second-order valence-electron chi connectivity index (χ2n) is 5.39. The molecule has 0 bridgehead atoms. The predicted molar refractivity (Wildman–Crippen MR) is 91.3 cm³/mol. The number of nitrogens with zero attached hydrogens (tertiary/aromatic N) is 2. The Morgan fingerprint density at radius 1 is 1.22 bits per heavy atom. The van der Waals surface area contributed by atoms with E-state index in [1.54, 1.807) is 4.40 Å². The molecule has 1 aromatic carbocycles. The van der Waals surface area contributed by atoms with Gasteiger partial charge in [0.15, 0.2) is 0 Å². The Morgan fingerprint density at radius 3 is 2.65 bits per heavy atom. The van der Waals surface area contributed by atoms with Gasteiger partial charge in [-0.25, -0.2) is 4.98 Å². The van der Waals surface area contributed by atoms with Crippen molar-refractivity contribution in [2.45, 2.75) is 13.8 Å². The van der Waals surface area contributed by atoms with Gasteiger partial charge in [0.1, 0.15) is 0 Å². The molecule has 0 saturated heterocycles. The molecule has 0 aliphatic heterocycles. The molecular formula is C19H17N3O. The maximum absolute atomic E-state index is 12.3. The Labute approximate surface area is 135 Å². The molecule has 0 radical (unpaired) electrons. The molecule has 0 aliphatic carbocycles. The summed E-state index contributed by atoms with van der Waals surface area (Å²) in [6, 6.07) is 11.9. The van der Waals surface area contributed by atoms with Crippen molar-refractivity contribution >= 4 is 11.4 Å². The molecule has 2 aromatic heterocycles. The summed E-state index contributed by atoms with van der Waals surface area (Å²) in [5.41, 5.74) is 5.03. The lowest BCUT2D eigenvalue weighted by molar-refractivity contribution is 0.0948. The number of rotatable bonds is 3. The zero-order valence-corrected chi connectivity index (χ0v) is 13.1. The summed E-state index contributed by atoms with van der Waals surface area (Å²) in [5.74, 6) is 2.47. The van der Waals surface area contributed by atoms with Crippen LogP contribution in [0.2, 0.25) is 0 Å². The standard InChI is InChI=1S/C19H17N3O/c1-4-11-20-19(23)18-21-17(15-10-5-6-12-22(15)18)16-13(2)8-7-9-14(16)3/h1,5-10,12H,11H2,2-3H3,(H,20,23). The third kappa shape index (κ3) is 2.58. The van der Waals surface area contributed by atoms with Crippen LogP contribution >= 0.6 is 0 Å². The fourth-order valence-electron chi connectivity index (χ4n) is 2.78. The largest absolute Gasteiger partial charge is 0.338 e. The number of terminal acetylenes is 1. The predicted octanol–water partition coefficient (Wildman–Crippen LogP) is 2.98. The number of imidazole rings is 1. The van der Waals surface area contributed by atoms with E-state index in [1.807, 2.05) is 30.5 Å². The molecule has 23 heavy (non-hydrogen) atoms. The third-order valence-electron chi connectivity index (χ3n) is 3.82. The molecule has 3 rings (SSSR count). The van der Waals surface area contributed by atoms with Crippen LogP contribution in [0.3, 0.4) is 0 Å². The smallest absolute Gasteiger partial charge is 0.288 e. The molecule has 0 atom stereocenters. The van der Waals surface area contributed by atoms with Crippen molar-refractivity contribution in [1.29, 1.82) is 0 Å². The van der Waals surface area contributed by atoms with Crippen molar-refractivity contribution in [3.05, 3.63) is 59.5 Å². The van der Waals surface area contributed by atoms with Crippen molar-refractivity contribution < 1.29 is 4.79 Å². The second kappa shape index (κ2) is 5.98. The number of hydrogen-bond donors (Lipinski definition) is 1. The second-order valence-corrected chi connectivity index (χ2v) is 5.39. The van der Waals surface area contributed by atoms with E-state index in [-0.39, 0.29) is 12.5 Å². The van der Waals surface area contributed by atoms with E-state index < -0.39 is 0 Å². The highest BCUT2D eigenvalue weighted by atomic mass is 16.2. The summed E-state index contributed by atoms with van der Waals surface area (Å²) in [6.07, 6.45) is 7.05. The van der Waals surface area contributed by atoms with E-state index in [0.29, 0.717) is 5.82 Å². The van der Waals surface area contributed by atoms with Gasteiger partial charge in [-0.3, -0.25) is 9.20 Å². The minimum Gasteiger partial charge on any atom is -0.338 e. The summed E-state index contributed by atoms with van der Waals surface area (Å²) in [4.78, 5) is 17.0. The molecule has 0 saturated carbocycles. The van der Waals surface area contributed by atoms with E-state index in [1.165, 1.54) is 0 Å². The number of nitrogens with one attached hydrogen (secondary N) is 1. The first-order valence-electron chi connectivity index (χ1n) is 7.39. The lowest BCUT2D eigenvalue weighted by Crippen LogP contribution is -2.25. The Balaban J connectivity index is 2.24. The van der Waals surface area contributed by atoms with Crippen LogP contribution < -0.4 is 5.32 Å². The first-order chi connectivity index (χ1) is 11.1. The summed E-state index contributed by atoms with van der Waals surface area (Å²) in [6.45, 7) is 4.28. The number of benzene rings is 1. The van der Waals surface area contributed by atoms with Gasteiger partial charge in [0.2, 0.25) is 5.82 Å². The molecule has 114 valence electrons. The van der Waals surface area contributed by atoms with Crippen molar-refractivity contribution in [3.63, 3.8) is 0 Å². The topological polar surface area (TPSA) is 46.4 Å². The van der Waals surface area contributed by atoms with Gasteiger partial charge in [-0.15, -0.1) is 6.42 Å². The molecule has 4 nitrogen and oxygen atoms in total. The Bertz CT molecular complexity index is 911. The van der Waals surface area contributed by atoms with Crippen LogP contribution in [0.15, 0.2) is 42.6 Å². The van der Waals surface area contributed by atoms with Gasteiger partial charge >= 0.3 is 0 Å². The van der Waals surface area contributed by atoms with E-state index in [4.69, 9.17) is 6.42 Å². The summed E-state index contributed by atoms with van der Waals surface area (Å²) >= 11 is 0. The van der Waals surface area contributed by atoms with E-state index in [0.717, 1.165) is 27.9 Å². The van der Waals surface area contributed by atoms with Gasteiger partial charge < -0.3 is 5.32 Å². The lowest BCUT2D eigenvalue weighted by atomic mass is 9.99. The van der Waals surface area contributed by atoms with Gasteiger partial charge in [0.25, 0.3) is 5.91 Å². The number of fused-ring (bicyclic) bond motifs is 1. The zero-order chi connectivity index (χ0) is 16.4. The summed E-state index contributed by atoms with van der Waals surface area (Å²) in [5, 5.41) is 2.68. The average Bonchev–Trinajstić information content (AvgIpc) is 2.92. The van der Waals surface area contributed by atoms with Crippen molar-refractivity contribution in [2.24, 2.45) is 0 Å². The number of aryl methyl sites for hydroxylation is 2. The average molecular weight is 303 g/mol. The Morgan fingerprint density at radius 2 is 1.96 bits per heavy atom. The van der Waals surface area contributed by atoms with Crippen LogP contribution in [-0.2, 0) is 0 Å². The van der Waals surface area contributed by atoms with Crippen molar-refractivity contribution in [3.8, 4) is 23.6 Å². The summed E-state index contributed by atoms with van der Waals surface area (Å²) < 4.78 is 1.80. The molecule has 0 unspecified atom stereocenters. The third-order valence-corrected chi connectivity index (χ3v) is 3.82. The minimum absolute atomic E-state index is 0.180. The van der Waals surface area contributed by atoms with E-state index in [2.05, 4.69) is 42.2 Å². The summed E-state index contributed by atoms with van der Waals surface area (Å²) in [7, 11) is 0. The van der Waals surface area contributed by atoms with Crippen LogP contribution in [0.5, 0.6) is 0 Å². The Hall–Kier alpha value is -3.06. The number of carbonyl (C=O) groups is 1. The molecule has 3 aromatic rings. The monoisotopic (exact) mass is 303 g/mol. The van der Waals surface area contributed by atoms with Crippen molar-refractivity contribution in [1.82, 2.24) is 14.7 Å². The van der Waals surface area contributed by atoms with E-state index in [9.17, 15) is 4.79 Å². The van der Waals surface area contributed by atoms with Gasteiger partial charge in [-0.2, -0.15) is 0 Å². The molecule has 1 amide bonds. The zero-order valence-electron chi connectivity index (χ0n) is 13.1. The molecule has 2 heterocycles. The quantitative estimate of drug-likeness (QED) is 0.756. The fourth-order valence-corrected chi connectivity index (χ4v) is 2.78. The first-order valence-corrected chi connectivity index (χ1v) is 7.39. The number of carbonyl (C=O) groups excluding carboxylic acids is 1. The van der Waals surface area contributed by atoms with Gasteiger partial charge in [-0.05, 0) is 37.1 Å². The van der Waals surface area contributed by atoms with Crippen LogP contribution in [0.1, 0.15) is 21.7 Å². The number of amides is 1. The van der Waals surface area contributed by atoms with Crippen LogP contribution in [0.25, 0.3) is 16.8 Å². The fraction of sp³-hybridized carbons (Fsp3) is 0.158. The first kappa shape index (κ1) is 14.9. The van der Waals surface area contributed by atoms with Crippen LogP contribution in [0.4, 0.5) is 0 Å². The molecule has 1 N–H and O–H groups in total. The molecule has 0 spiro atoms. The maximum atomic E-state index is 12.3. The number of hydrogen-bond acceptors (Lipinski definition) is 2.